The van der Waals surface area contributed by atoms with Gasteiger partial charge in [0.15, 0.2) is 0 Å². The van der Waals surface area contributed by atoms with E-state index < -0.39 is 0 Å². The van der Waals surface area contributed by atoms with Crippen LogP contribution in [0.5, 0.6) is 0 Å². The molecule has 0 N–H and O–H groups in total. The molecule has 98 valence electrons. The topological polar surface area (TPSA) is 27.0 Å². The molecular formula is C14H18BrFN2. The van der Waals surface area contributed by atoms with Gasteiger partial charge < -0.3 is 4.90 Å². The number of halogens is 2. The molecule has 0 amide bonds. The summed E-state index contributed by atoms with van der Waals surface area (Å²) in [5, 5.41) is 9.32. The first-order valence-corrected chi connectivity index (χ1v) is 7.17. The van der Waals surface area contributed by atoms with Crippen molar-refractivity contribution < 1.29 is 4.39 Å². The van der Waals surface area contributed by atoms with Gasteiger partial charge in [-0.05, 0) is 23.6 Å². The molecule has 1 aromatic rings. The van der Waals surface area contributed by atoms with Crippen molar-refractivity contribution in [2.45, 2.75) is 25.6 Å². The SMILES string of the molecule is CC(C)CN(CCC#N)c1ccc(CBr)cc1F. The Kier molecular flexibility index (Phi) is 6.14. The van der Waals surface area contributed by atoms with Crippen molar-refractivity contribution in [2.75, 3.05) is 18.0 Å². The predicted octanol–water partition coefficient (Wildman–Crippen LogP) is 4.10. The molecule has 0 heterocycles. The molecule has 0 atom stereocenters. The number of benzene rings is 1. The van der Waals surface area contributed by atoms with Crippen LogP contribution in [0.3, 0.4) is 0 Å². The lowest BCUT2D eigenvalue weighted by molar-refractivity contribution is 0.581. The van der Waals surface area contributed by atoms with Crippen LogP contribution in [-0.2, 0) is 5.33 Å². The van der Waals surface area contributed by atoms with Crippen LogP contribution in [0.4, 0.5) is 10.1 Å². The Morgan fingerprint density at radius 1 is 1.44 bits per heavy atom. The third kappa shape index (κ3) is 4.30. The Balaban J connectivity index is 2.93. The Labute approximate surface area is 117 Å². The summed E-state index contributed by atoms with van der Waals surface area (Å²) in [4.78, 5) is 1.95. The van der Waals surface area contributed by atoms with E-state index in [0.717, 1.165) is 12.1 Å². The van der Waals surface area contributed by atoms with Gasteiger partial charge in [-0.2, -0.15) is 5.26 Å². The van der Waals surface area contributed by atoms with Crippen molar-refractivity contribution in [2.24, 2.45) is 5.92 Å². The number of nitrogens with zero attached hydrogens (tertiary/aromatic N) is 2. The summed E-state index contributed by atoms with van der Waals surface area (Å²) in [5.74, 6) is 0.212. The molecule has 0 spiro atoms. The van der Waals surface area contributed by atoms with Crippen LogP contribution in [0.15, 0.2) is 18.2 Å². The molecule has 0 aliphatic heterocycles. The Morgan fingerprint density at radius 3 is 2.67 bits per heavy atom. The predicted molar refractivity (Wildman–Crippen MR) is 76.3 cm³/mol. The summed E-state index contributed by atoms with van der Waals surface area (Å²) in [6, 6.07) is 7.36. The molecule has 1 rings (SSSR count). The summed E-state index contributed by atoms with van der Waals surface area (Å²) in [5.41, 5.74) is 1.50. The lowest BCUT2D eigenvalue weighted by atomic mass is 10.1. The second-order valence-corrected chi connectivity index (χ2v) is 5.23. The number of anilines is 1. The fourth-order valence-corrected chi connectivity index (χ4v) is 2.17. The van der Waals surface area contributed by atoms with Gasteiger partial charge in [0.05, 0.1) is 18.2 Å². The minimum atomic E-state index is -0.217. The number of alkyl halides is 1. The van der Waals surface area contributed by atoms with Gasteiger partial charge in [-0.1, -0.05) is 35.8 Å². The second kappa shape index (κ2) is 7.38. The van der Waals surface area contributed by atoms with Gasteiger partial charge in [-0.25, -0.2) is 4.39 Å². The van der Waals surface area contributed by atoms with Gasteiger partial charge in [-0.3, -0.25) is 0 Å². The summed E-state index contributed by atoms with van der Waals surface area (Å²) < 4.78 is 14.0. The highest BCUT2D eigenvalue weighted by molar-refractivity contribution is 9.08. The fourth-order valence-electron chi connectivity index (χ4n) is 1.83. The highest BCUT2D eigenvalue weighted by atomic mass is 79.9. The van der Waals surface area contributed by atoms with Crippen molar-refractivity contribution >= 4 is 21.6 Å². The van der Waals surface area contributed by atoms with Crippen LogP contribution in [0, 0.1) is 23.1 Å². The highest BCUT2D eigenvalue weighted by Crippen LogP contribution is 2.22. The maximum atomic E-state index is 14.0. The minimum absolute atomic E-state index is 0.217. The summed E-state index contributed by atoms with van der Waals surface area (Å²) in [7, 11) is 0. The maximum Gasteiger partial charge on any atom is 0.146 e. The summed E-state index contributed by atoms with van der Waals surface area (Å²) in [6.45, 7) is 5.50. The molecular weight excluding hydrogens is 295 g/mol. The monoisotopic (exact) mass is 312 g/mol. The largest absolute Gasteiger partial charge is 0.368 e. The zero-order chi connectivity index (χ0) is 13.5. The lowest BCUT2D eigenvalue weighted by Gasteiger charge is -2.26. The van der Waals surface area contributed by atoms with E-state index in [-0.39, 0.29) is 5.82 Å². The first kappa shape index (κ1) is 15.0. The molecule has 0 saturated carbocycles. The third-order valence-corrected chi connectivity index (χ3v) is 3.23. The molecule has 1 aromatic carbocycles. The Morgan fingerprint density at radius 2 is 2.17 bits per heavy atom. The Bertz CT molecular complexity index is 426. The van der Waals surface area contributed by atoms with Crippen LogP contribution in [0.25, 0.3) is 0 Å². The zero-order valence-corrected chi connectivity index (χ0v) is 12.4. The first-order valence-electron chi connectivity index (χ1n) is 6.04. The van der Waals surface area contributed by atoms with Crippen LogP contribution in [0.1, 0.15) is 25.8 Å². The van der Waals surface area contributed by atoms with E-state index in [1.165, 1.54) is 0 Å². The zero-order valence-electron chi connectivity index (χ0n) is 10.8. The van der Waals surface area contributed by atoms with E-state index in [9.17, 15) is 4.39 Å². The van der Waals surface area contributed by atoms with Crippen LogP contribution >= 0.6 is 15.9 Å². The molecule has 0 radical (unpaired) electrons. The summed E-state index contributed by atoms with van der Waals surface area (Å²) >= 11 is 3.31. The standard InChI is InChI=1S/C14H18BrFN2/c1-11(2)10-18(7-3-6-17)14-5-4-12(9-15)8-13(14)16/h4-5,8,11H,3,7,9-10H2,1-2H3. The van der Waals surface area contributed by atoms with Gasteiger partial charge in [0.1, 0.15) is 5.82 Å². The van der Waals surface area contributed by atoms with E-state index in [2.05, 4.69) is 35.8 Å². The van der Waals surface area contributed by atoms with Crippen LogP contribution < -0.4 is 4.90 Å². The number of hydrogen-bond acceptors (Lipinski definition) is 2. The van der Waals surface area contributed by atoms with Crippen molar-refractivity contribution in [3.8, 4) is 6.07 Å². The quantitative estimate of drug-likeness (QED) is 0.739. The van der Waals surface area contributed by atoms with E-state index in [4.69, 9.17) is 5.26 Å². The van der Waals surface area contributed by atoms with Crippen molar-refractivity contribution in [3.05, 3.63) is 29.6 Å². The van der Waals surface area contributed by atoms with Gasteiger partial charge in [-0.15, -0.1) is 0 Å². The van der Waals surface area contributed by atoms with Gasteiger partial charge in [0, 0.05) is 18.4 Å². The highest BCUT2D eigenvalue weighted by Gasteiger charge is 2.13. The van der Waals surface area contributed by atoms with Gasteiger partial charge in [0.25, 0.3) is 0 Å². The lowest BCUT2D eigenvalue weighted by Crippen LogP contribution is -2.29. The average molecular weight is 313 g/mol. The third-order valence-electron chi connectivity index (χ3n) is 2.59. The molecule has 0 aliphatic carbocycles. The van der Waals surface area contributed by atoms with E-state index in [1.54, 1.807) is 12.1 Å². The normalized spacial score (nSPS) is 10.4. The minimum Gasteiger partial charge on any atom is -0.368 e. The Hall–Kier alpha value is -1.08. The fraction of sp³-hybridized carbons (Fsp3) is 0.500. The van der Waals surface area contributed by atoms with Crippen LogP contribution in [-0.4, -0.2) is 13.1 Å². The van der Waals surface area contributed by atoms with Crippen LogP contribution in [0.2, 0.25) is 0 Å². The van der Waals surface area contributed by atoms with E-state index >= 15 is 0 Å². The number of rotatable bonds is 6. The molecule has 0 saturated heterocycles. The maximum absolute atomic E-state index is 14.0. The molecule has 0 bridgehead atoms. The smallest absolute Gasteiger partial charge is 0.146 e. The summed E-state index contributed by atoms with van der Waals surface area (Å²) in [6.07, 6.45) is 0.409. The second-order valence-electron chi connectivity index (χ2n) is 4.67. The molecule has 0 aliphatic rings. The molecule has 4 heteroatoms. The number of nitriles is 1. The molecule has 0 fully saturated rings. The van der Waals surface area contributed by atoms with Gasteiger partial charge >= 0.3 is 0 Å². The van der Waals surface area contributed by atoms with Crippen molar-refractivity contribution in [1.29, 1.82) is 5.26 Å². The molecule has 2 nitrogen and oxygen atoms in total. The van der Waals surface area contributed by atoms with Crippen molar-refractivity contribution in [3.63, 3.8) is 0 Å². The molecule has 18 heavy (non-hydrogen) atoms. The average Bonchev–Trinajstić information content (AvgIpc) is 2.34. The van der Waals surface area contributed by atoms with E-state index in [0.29, 0.717) is 29.9 Å². The van der Waals surface area contributed by atoms with Gasteiger partial charge in [0.2, 0.25) is 0 Å². The number of hydrogen-bond donors (Lipinski definition) is 0. The first-order chi connectivity index (χ1) is 8.58. The molecule has 0 aromatic heterocycles. The van der Waals surface area contributed by atoms with Crippen molar-refractivity contribution in [1.82, 2.24) is 0 Å². The molecule has 0 unspecified atom stereocenters. The van der Waals surface area contributed by atoms with E-state index in [1.807, 2.05) is 11.0 Å².